The fraction of sp³-hybridized carbons (Fsp3) is 1.00. The Hall–Kier alpha value is -0.0400. The van der Waals surface area contributed by atoms with Crippen molar-refractivity contribution in [3.63, 3.8) is 0 Å². The normalized spacial score (nSPS) is 27.5. The third kappa shape index (κ3) is 4.66. The van der Waals surface area contributed by atoms with Crippen LogP contribution in [0.1, 0.15) is 52.4 Å². The molecule has 1 unspecified atom stereocenters. The lowest BCUT2D eigenvalue weighted by Gasteiger charge is -2.22. The molecule has 0 saturated carbocycles. The zero-order valence-electron chi connectivity index (χ0n) is 9.31. The Labute approximate surface area is 83.3 Å². The fourth-order valence-corrected chi connectivity index (χ4v) is 2.23. The summed E-state index contributed by atoms with van der Waals surface area (Å²) < 4.78 is 0. The monoisotopic (exact) mass is 183 g/mol. The Kier molecular flexibility index (Phi) is 5.45. The highest BCUT2D eigenvalue weighted by Gasteiger charge is 2.12. The fourth-order valence-electron chi connectivity index (χ4n) is 2.23. The van der Waals surface area contributed by atoms with Crippen molar-refractivity contribution < 1.29 is 0 Å². The van der Waals surface area contributed by atoms with Crippen molar-refractivity contribution in [3.05, 3.63) is 0 Å². The molecule has 0 amide bonds. The predicted octanol–water partition coefficient (Wildman–Crippen LogP) is 3.20. The van der Waals surface area contributed by atoms with Crippen LogP contribution in [0.3, 0.4) is 0 Å². The van der Waals surface area contributed by atoms with Gasteiger partial charge in [-0.1, -0.05) is 39.5 Å². The summed E-state index contributed by atoms with van der Waals surface area (Å²) in [4.78, 5) is 0. The van der Waals surface area contributed by atoms with E-state index in [0.29, 0.717) is 0 Å². The van der Waals surface area contributed by atoms with Gasteiger partial charge in [-0.15, -0.1) is 0 Å². The first-order chi connectivity index (χ1) is 6.30. The first-order valence-corrected chi connectivity index (χ1v) is 6.01. The van der Waals surface area contributed by atoms with Crippen molar-refractivity contribution in [2.45, 2.75) is 52.4 Å². The molecule has 1 N–H and O–H groups in total. The van der Waals surface area contributed by atoms with Crippen LogP contribution in [-0.4, -0.2) is 13.1 Å². The van der Waals surface area contributed by atoms with E-state index in [2.05, 4.69) is 19.2 Å². The van der Waals surface area contributed by atoms with Crippen molar-refractivity contribution in [1.29, 1.82) is 0 Å². The number of hydrogen-bond donors (Lipinski definition) is 1. The highest BCUT2D eigenvalue weighted by molar-refractivity contribution is 4.66. The molecule has 0 aliphatic carbocycles. The van der Waals surface area contributed by atoms with Gasteiger partial charge >= 0.3 is 0 Å². The molecular weight excluding hydrogens is 158 g/mol. The lowest BCUT2D eigenvalue weighted by Crippen LogP contribution is -2.22. The van der Waals surface area contributed by atoms with Gasteiger partial charge in [-0.05, 0) is 37.8 Å². The lowest BCUT2D eigenvalue weighted by molar-refractivity contribution is 0.312. The standard InChI is InChI=1S/C12H25N/c1-11(2)12-7-5-3-4-6-9-13-10-8-12/h11-13H,3-10H2,1-2H3. The molecule has 0 spiro atoms. The third-order valence-electron chi connectivity index (χ3n) is 3.31. The van der Waals surface area contributed by atoms with Crippen LogP contribution in [0.2, 0.25) is 0 Å². The van der Waals surface area contributed by atoms with E-state index in [-0.39, 0.29) is 0 Å². The second-order valence-electron chi connectivity index (χ2n) is 4.75. The van der Waals surface area contributed by atoms with Crippen LogP contribution in [-0.2, 0) is 0 Å². The predicted molar refractivity (Wildman–Crippen MR) is 58.9 cm³/mol. The topological polar surface area (TPSA) is 12.0 Å². The van der Waals surface area contributed by atoms with E-state index in [4.69, 9.17) is 0 Å². The summed E-state index contributed by atoms with van der Waals surface area (Å²) in [6.45, 7) is 7.22. The van der Waals surface area contributed by atoms with E-state index >= 15 is 0 Å². The molecule has 1 rings (SSSR count). The van der Waals surface area contributed by atoms with E-state index in [1.807, 2.05) is 0 Å². The molecule has 1 heterocycles. The van der Waals surface area contributed by atoms with E-state index in [1.54, 1.807) is 0 Å². The van der Waals surface area contributed by atoms with Gasteiger partial charge in [0, 0.05) is 0 Å². The number of nitrogens with one attached hydrogen (secondary N) is 1. The maximum Gasteiger partial charge on any atom is -0.00462 e. The van der Waals surface area contributed by atoms with Crippen LogP contribution in [0.15, 0.2) is 0 Å². The van der Waals surface area contributed by atoms with Crippen LogP contribution < -0.4 is 5.32 Å². The number of hydrogen-bond acceptors (Lipinski definition) is 1. The summed E-state index contributed by atoms with van der Waals surface area (Å²) in [5.74, 6) is 1.84. The van der Waals surface area contributed by atoms with Crippen LogP contribution in [0.5, 0.6) is 0 Å². The summed E-state index contributed by atoms with van der Waals surface area (Å²) in [5, 5.41) is 3.54. The van der Waals surface area contributed by atoms with Crippen molar-refractivity contribution in [2.75, 3.05) is 13.1 Å². The summed E-state index contributed by atoms with van der Waals surface area (Å²) in [6.07, 6.45) is 8.56. The second-order valence-corrected chi connectivity index (χ2v) is 4.75. The first-order valence-electron chi connectivity index (χ1n) is 6.01. The zero-order valence-corrected chi connectivity index (χ0v) is 9.31. The summed E-state index contributed by atoms with van der Waals surface area (Å²) in [5.41, 5.74) is 0. The maximum absolute atomic E-state index is 3.54. The molecule has 1 saturated heterocycles. The van der Waals surface area contributed by atoms with Gasteiger partial charge < -0.3 is 5.32 Å². The molecule has 0 bridgehead atoms. The van der Waals surface area contributed by atoms with Crippen LogP contribution in [0, 0.1) is 11.8 Å². The molecule has 0 aromatic heterocycles. The molecule has 78 valence electrons. The Morgan fingerprint density at radius 2 is 1.69 bits per heavy atom. The lowest BCUT2D eigenvalue weighted by atomic mass is 9.87. The van der Waals surface area contributed by atoms with Gasteiger partial charge in [0.2, 0.25) is 0 Å². The maximum atomic E-state index is 3.54. The molecule has 0 aromatic rings. The quantitative estimate of drug-likeness (QED) is 0.658. The van der Waals surface area contributed by atoms with E-state index in [9.17, 15) is 0 Å². The Balaban J connectivity index is 2.26. The van der Waals surface area contributed by atoms with E-state index in [1.165, 1.54) is 51.6 Å². The highest BCUT2D eigenvalue weighted by Crippen LogP contribution is 2.22. The van der Waals surface area contributed by atoms with Gasteiger partial charge in [0.15, 0.2) is 0 Å². The van der Waals surface area contributed by atoms with Gasteiger partial charge in [0.1, 0.15) is 0 Å². The van der Waals surface area contributed by atoms with Crippen molar-refractivity contribution >= 4 is 0 Å². The molecule has 1 fully saturated rings. The van der Waals surface area contributed by atoms with E-state index in [0.717, 1.165) is 11.8 Å². The van der Waals surface area contributed by atoms with Gasteiger partial charge in [-0.25, -0.2) is 0 Å². The Morgan fingerprint density at radius 1 is 0.923 bits per heavy atom. The summed E-state index contributed by atoms with van der Waals surface area (Å²) in [7, 11) is 0. The van der Waals surface area contributed by atoms with Crippen LogP contribution in [0.25, 0.3) is 0 Å². The molecule has 1 aliphatic heterocycles. The van der Waals surface area contributed by atoms with Crippen molar-refractivity contribution in [3.8, 4) is 0 Å². The van der Waals surface area contributed by atoms with Gasteiger partial charge in [0.25, 0.3) is 0 Å². The first kappa shape index (κ1) is 11.0. The van der Waals surface area contributed by atoms with E-state index < -0.39 is 0 Å². The molecule has 0 radical (unpaired) electrons. The molecular formula is C12H25N. The molecule has 1 heteroatoms. The van der Waals surface area contributed by atoms with Gasteiger partial charge in [-0.2, -0.15) is 0 Å². The molecule has 0 aromatic carbocycles. The molecule has 1 atom stereocenters. The molecule has 13 heavy (non-hydrogen) atoms. The zero-order chi connectivity index (χ0) is 9.52. The minimum Gasteiger partial charge on any atom is -0.317 e. The smallest absolute Gasteiger partial charge is 0.00462 e. The Morgan fingerprint density at radius 3 is 2.46 bits per heavy atom. The minimum absolute atomic E-state index is 0.876. The highest BCUT2D eigenvalue weighted by atomic mass is 14.8. The van der Waals surface area contributed by atoms with Gasteiger partial charge in [0.05, 0.1) is 0 Å². The second kappa shape index (κ2) is 6.42. The number of rotatable bonds is 1. The van der Waals surface area contributed by atoms with Crippen LogP contribution >= 0.6 is 0 Å². The largest absolute Gasteiger partial charge is 0.317 e. The summed E-state index contributed by atoms with van der Waals surface area (Å²) >= 11 is 0. The minimum atomic E-state index is 0.876. The summed E-state index contributed by atoms with van der Waals surface area (Å²) in [6, 6.07) is 0. The average Bonchev–Trinajstić information content (AvgIpc) is 2.14. The Bertz CT molecular complexity index is 110. The SMILES string of the molecule is CC(C)C1CCCCCCNCC1. The van der Waals surface area contributed by atoms with Crippen molar-refractivity contribution in [2.24, 2.45) is 11.8 Å². The molecule has 1 aliphatic rings. The average molecular weight is 183 g/mol. The third-order valence-corrected chi connectivity index (χ3v) is 3.31. The van der Waals surface area contributed by atoms with Crippen LogP contribution in [0.4, 0.5) is 0 Å². The molecule has 1 nitrogen and oxygen atoms in total. The van der Waals surface area contributed by atoms with Crippen molar-refractivity contribution in [1.82, 2.24) is 5.32 Å². The van der Waals surface area contributed by atoms with Gasteiger partial charge in [-0.3, -0.25) is 0 Å².